The molecule has 0 saturated heterocycles. The molecule has 0 spiro atoms. The van der Waals surface area contributed by atoms with E-state index < -0.39 is 0 Å². The van der Waals surface area contributed by atoms with Crippen molar-refractivity contribution < 1.29 is 19.0 Å². The zero-order chi connectivity index (χ0) is 22.3. The van der Waals surface area contributed by atoms with Gasteiger partial charge in [-0.3, -0.25) is 4.79 Å². The van der Waals surface area contributed by atoms with Crippen LogP contribution in [0.4, 0.5) is 0 Å². The Bertz CT molecular complexity index is 1210. The molecule has 4 aromatic rings. The predicted octanol–water partition coefficient (Wildman–Crippen LogP) is 2.55. The van der Waals surface area contributed by atoms with Gasteiger partial charge in [0.1, 0.15) is 18.1 Å². The largest absolute Gasteiger partial charge is 0.497 e. The summed E-state index contributed by atoms with van der Waals surface area (Å²) in [7, 11) is 3.21. The van der Waals surface area contributed by atoms with Gasteiger partial charge in [-0.25, -0.2) is 0 Å². The Balaban J connectivity index is 1.35. The number of carbonyl (C=O) groups excluding carboxylic acids is 1. The summed E-state index contributed by atoms with van der Waals surface area (Å²) in [4.78, 5) is 12.2. The molecule has 0 unspecified atom stereocenters. The van der Waals surface area contributed by atoms with Gasteiger partial charge in [-0.1, -0.05) is 18.2 Å². The van der Waals surface area contributed by atoms with Crippen molar-refractivity contribution >= 4 is 11.6 Å². The molecule has 32 heavy (non-hydrogen) atoms. The Kier molecular flexibility index (Phi) is 6.45. The van der Waals surface area contributed by atoms with Gasteiger partial charge in [0.2, 0.25) is 11.8 Å². The summed E-state index contributed by atoms with van der Waals surface area (Å²) < 4.78 is 17.8. The molecule has 1 N–H and O–H groups in total. The van der Waals surface area contributed by atoms with Crippen LogP contribution >= 0.6 is 0 Å². The van der Waals surface area contributed by atoms with Crippen molar-refractivity contribution in [2.75, 3.05) is 27.4 Å². The number of fused-ring (bicyclic) bond motifs is 1. The Labute approximate surface area is 185 Å². The molecular formula is C23H23N5O4. The van der Waals surface area contributed by atoms with Gasteiger partial charge >= 0.3 is 0 Å². The Morgan fingerprint density at radius 2 is 1.78 bits per heavy atom. The third-order valence-electron chi connectivity index (χ3n) is 4.80. The van der Waals surface area contributed by atoms with Crippen LogP contribution < -0.4 is 19.5 Å². The van der Waals surface area contributed by atoms with Crippen LogP contribution in [0.1, 0.15) is 5.56 Å². The van der Waals surface area contributed by atoms with Crippen LogP contribution in [0.3, 0.4) is 0 Å². The number of hydrogen-bond donors (Lipinski definition) is 1. The molecule has 2 aromatic carbocycles. The van der Waals surface area contributed by atoms with E-state index in [9.17, 15) is 4.79 Å². The topological polar surface area (TPSA) is 99.9 Å². The average Bonchev–Trinajstić information content (AvgIpc) is 3.25. The van der Waals surface area contributed by atoms with Gasteiger partial charge in [0.05, 0.1) is 27.2 Å². The van der Waals surface area contributed by atoms with Gasteiger partial charge < -0.3 is 19.5 Å². The number of nitrogens with one attached hydrogen (secondary N) is 1. The number of ether oxygens (including phenoxy) is 3. The number of nitrogens with zero attached hydrogens (tertiary/aromatic N) is 4. The summed E-state index contributed by atoms with van der Waals surface area (Å²) in [6, 6.07) is 18.4. The molecule has 9 heteroatoms. The van der Waals surface area contributed by atoms with E-state index in [1.165, 1.54) is 0 Å². The van der Waals surface area contributed by atoms with E-state index >= 15 is 0 Å². The quantitative estimate of drug-likeness (QED) is 0.405. The lowest BCUT2D eigenvalue weighted by Crippen LogP contribution is -2.29. The maximum absolute atomic E-state index is 12.2. The van der Waals surface area contributed by atoms with E-state index in [-0.39, 0.29) is 18.9 Å². The maximum Gasteiger partial charge on any atom is 0.231 e. The first-order valence-electron chi connectivity index (χ1n) is 10.1. The van der Waals surface area contributed by atoms with Crippen LogP contribution in [-0.2, 0) is 11.2 Å². The molecule has 2 aromatic heterocycles. The van der Waals surface area contributed by atoms with E-state index in [0.717, 1.165) is 16.9 Å². The van der Waals surface area contributed by atoms with Crippen molar-refractivity contribution in [3.63, 3.8) is 0 Å². The van der Waals surface area contributed by atoms with E-state index in [2.05, 4.69) is 20.6 Å². The molecule has 1 amide bonds. The summed E-state index contributed by atoms with van der Waals surface area (Å²) in [6.45, 7) is 0.622. The summed E-state index contributed by atoms with van der Waals surface area (Å²) in [5.74, 6) is 2.34. The van der Waals surface area contributed by atoms with Crippen molar-refractivity contribution in [2.45, 2.75) is 6.42 Å². The monoisotopic (exact) mass is 433 g/mol. The summed E-state index contributed by atoms with van der Waals surface area (Å²) in [5.41, 5.74) is 2.29. The smallest absolute Gasteiger partial charge is 0.231 e. The predicted molar refractivity (Wildman–Crippen MR) is 118 cm³/mol. The molecule has 4 rings (SSSR count). The number of amides is 1. The second kappa shape index (κ2) is 9.78. The Morgan fingerprint density at radius 3 is 2.56 bits per heavy atom. The van der Waals surface area contributed by atoms with E-state index in [1.807, 2.05) is 48.5 Å². The second-order valence-corrected chi connectivity index (χ2v) is 6.88. The number of para-hydroxylation sites is 1. The van der Waals surface area contributed by atoms with Crippen molar-refractivity contribution in [2.24, 2.45) is 0 Å². The van der Waals surface area contributed by atoms with Crippen molar-refractivity contribution in [1.82, 2.24) is 25.1 Å². The first kappa shape index (κ1) is 21.1. The summed E-state index contributed by atoms with van der Waals surface area (Å²) in [5, 5.41) is 15.7. The third-order valence-corrected chi connectivity index (χ3v) is 4.80. The highest BCUT2D eigenvalue weighted by molar-refractivity contribution is 5.79. The lowest BCUT2D eigenvalue weighted by molar-refractivity contribution is -0.120. The SMILES string of the molecule is COc1ccc(-c2nnc3ccc(OCCNC(=O)Cc4ccccc4OC)nn23)cc1. The lowest BCUT2D eigenvalue weighted by Gasteiger charge is -2.09. The molecule has 0 atom stereocenters. The van der Waals surface area contributed by atoms with E-state index in [0.29, 0.717) is 29.6 Å². The van der Waals surface area contributed by atoms with Crippen LogP contribution in [0.15, 0.2) is 60.7 Å². The highest BCUT2D eigenvalue weighted by atomic mass is 16.5. The molecule has 0 aliphatic heterocycles. The minimum atomic E-state index is -0.109. The van der Waals surface area contributed by atoms with Crippen LogP contribution in [0.5, 0.6) is 17.4 Å². The van der Waals surface area contributed by atoms with E-state index in [4.69, 9.17) is 14.2 Å². The maximum atomic E-state index is 12.2. The summed E-state index contributed by atoms with van der Waals surface area (Å²) >= 11 is 0. The number of rotatable bonds is 9. The van der Waals surface area contributed by atoms with Crippen molar-refractivity contribution in [3.8, 4) is 28.8 Å². The van der Waals surface area contributed by atoms with Gasteiger partial charge in [-0.15, -0.1) is 15.3 Å². The number of carbonyl (C=O) groups is 1. The Morgan fingerprint density at radius 1 is 0.969 bits per heavy atom. The standard InChI is InChI=1S/C23H23N5O4/c1-30-18-9-7-16(8-10-18)23-26-25-20-11-12-22(27-28(20)23)32-14-13-24-21(29)15-17-5-3-4-6-19(17)31-2/h3-12H,13-15H2,1-2H3,(H,24,29). The molecular weight excluding hydrogens is 410 g/mol. The number of benzene rings is 2. The van der Waals surface area contributed by atoms with Crippen LogP contribution in [-0.4, -0.2) is 53.1 Å². The molecule has 0 fully saturated rings. The van der Waals surface area contributed by atoms with Crippen LogP contribution in [0.25, 0.3) is 17.0 Å². The molecule has 9 nitrogen and oxygen atoms in total. The molecule has 0 saturated carbocycles. The highest BCUT2D eigenvalue weighted by Gasteiger charge is 2.11. The lowest BCUT2D eigenvalue weighted by atomic mass is 10.1. The zero-order valence-electron chi connectivity index (χ0n) is 17.8. The highest BCUT2D eigenvalue weighted by Crippen LogP contribution is 2.22. The first-order chi connectivity index (χ1) is 15.7. The van der Waals surface area contributed by atoms with Crippen LogP contribution in [0.2, 0.25) is 0 Å². The third kappa shape index (κ3) is 4.77. The van der Waals surface area contributed by atoms with E-state index in [1.54, 1.807) is 30.9 Å². The van der Waals surface area contributed by atoms with Gasteiger partial charge in [0.25, 0.3) is 0 Å². The number of aromatic nitrogens is 4. The van der Waals surface area contributed by atoms with Gasteiger partial charge in [-0.2, -0.15) is 4.52 Å². The number of hydrogen-bond acceptors (Lipinski definition) is 7. The average molecular weight is 433 g/mol. The molecule has 164 valence electrons. The minimum Gasteiger partial charge on any atom is -0.497 e. The van der Waals surface area contributed by atoms with Gasteiger partial charge in [0.15, 0.2) is 11.5 Å². The van der Waals surface area contributed by atoms with Gasteiger partial charge in [0, 0.05) is 17.2 Å². The molecule has 0 bridgehead atoms. The molecule has 0 aliphatic rings. The molecule has 0 aliphatic carbocycles. The van der Waals surface area contributed by atoms with Crippen LogP contribution in [0, 0.1) is 0 Å². The fraction of sp³-hybridized carbons (Fsp3) is 0.217. The Hall–Kier alpha value is -4.14. The fourth-order valence-electron chi connectivity index (χ4n) is 3.20. The second-order valence-electron chi connectivity index (χ2n) is 6.88. The minimum absolute atomic E-state index is 0.109. The van der Waals surface area contributed by atoms with Crippen molar-refractivity contribution in [1.29, 1.82) is 0 Å². The molecule has 0 radical (unpaired) electrons. The first-order valence-corrected chi connectivity index (χ1v) is 10.1. The normalized spacial score (nSPS) is 10.7. The zero-order valence-corrected chi connectivity index (χ0v) is 17.8. The van der Waals surface area contributed by atoms with Crippen molar-refractivity contribution in [3.05, 3.63) is 66.2 Å². The molecule has 2 heterocycles. The number of methoxy groups -OCH3 is 2. The van der Waals surface area contributed by atoms with Gasteiger partial charge in [-0.05, 0) is 36.4 Å². The summed E-state index contributed by atoms with van der Waals surface area (Å²) in [6.07, 6.45) is 0.236. The fourth-order valence-corrected chi connectivity index (χ4v) is 3.20.